The number of aryl methyl sites for hydroxylation is 2. The molecule has 2 heterocycles. The number of rotatable bonds is 2. The van der Waals surface area contributed by atoms with Crippen LogP contribution in [0.4, 0.5) is 0 Å². The molecular weight excluding hydrogens is 244 g/mol. The second kappa shape index (κ2) is 4.28. The highest BCUT2D eigenvalue weighted by Crippen LogP contribution is 2.30. The molecule has 96 valence electrons. The van der Waals surface area contributed by atoms with E-state index in [2.05, 4.69) is 10.1 Å². The fourth-order valence-electron chi connectivity index (χ4n) is 1.85. The predicted molar refractivity (Wildman–Crippen MR) is 68.6 cm³/mol. The van der Waals surface area contributed by atoms with Gasteiger partial charge in [0.1, 0.15) is 5.75 Å². The summed E-state index contributed by atoms with van der Waals surface area (Å²) in [7, 11) is 0. The van der Waals surface area contributed by atoms with Gasteiger partial charge in [0.05, 0.1) is 11.8 Å². The topological polar surface area (TPSA) is 72.3 Å². The van der Waals surface area contributed by atoms with Crippen LogP contribution >= 0.6 is 0 Å². The van der Waals surface area contributed by atoms with Crippen molar-refractivity contribution in [3.63, 3.8) is 0 Å². The van der Waals surface area contributed by atoms with Gasteiger partial charge in [-0.3, -0.25) is 0 Å². The Labute approximate surface area is 109 Å². The highest BCUT2D eigenvalue weighted by molar-refractivity contribution is 5.64. The molecule has 3 aromatic rings. The van der Waals surface area contributed by atoms with Crippen LogP contribution in [0.15, 0.2) is 39.5 Å². The van der Waals surface area contributed by atoms with Crippen molar-refractivity contribution >= 4 is 0 Å². The second-order valence-electron chi connectivity index (χ2n) is 4.38. The maximum atomic E-state index is 9.89. The first-order chi connectivity index (χ1) is 9.15. The third-order valence-electron chi connectivity index (χ3n) is 2.87. The average Bonchev–Trinajstić information content (AvgIpc) is 2.97. The lowest BCUT2D eigenvalue weighted by Crippen LogP contribution is -1.82. The fourth-order valence-corrected chi connectivity index (χ4v) is 1.85. The van der Waals surface area contributed by atoms with Gasteiger partial charge < -0.3 is 14.0 Å². The highest BCUT2D eigenvalue weighted by atomic mass is 16.5. The lowest BCUT2D eigenvalue weighted by Gasteiger charge is -1.99. The molecule has 0 saturated carbocycles. The van der Waals surface area contributed by atoms with Crippen molar-refractivity contribution in [3.05, 3.63) is 41.7 Å². The van der Waals surface area contributed by atoms with E-state index >= 15 is 0 Å². The van der Waals surface area contributed by atoms with Gasteiger partial charge in [0, 0.05) is 0 Å². The van der Waals surface area contributed by atoms with Crippen molar-refractivity contribution < 1.29 is 14.0 Å². The van der Waals surface area contributed by atoms with E-state index in [-0.39, 0.29) is 11.6 Å². The molecule has 0 amide bonds. The zero-order valence-electron chi connectivity index (χ0n) is 10.5. The Bertz CT molecular complexity index is 728. The zero-order valence-corrected chi connectivity index (χ0v) is 10.5. The number of aromatic nitrogens is 2. The minimum atomic E-state index is 0.117. The summed E-state index contributed by atoms with van der Waals surface area (Å²) in [6.07, 6.45) is 1.57. The molecular formula is C14H12N2O3. The minimum Gasteiger partial charge on any atom is -0.507 e. The second-order valence-corrected chi connectivity index (χ2v) is 4.38. The number of aromatic hydroxyl groups is 1. The maximum Gasteiger partial charge on any atom is 0.262 e. The van der Waals surface area contributed by atoms with E-state index in [9.17, 15) is 5.11 Å². The summed E-state index contributed by atoms with van der Waals surface area (Å²) in [6.45, 7) is 3.80. The first-order valence-corrected chi connectivity index (χ1v) is 5.83. The van der Waals surface area contributed by atoms with Gasteiger partial charge in [-0.05, 0) is 43.2 Å². The van der Waals surface area contributed by atoms with Gasteiger partial charge in [-0.25, -0.2) is 0 Å². The van der Waals surface area contributed by atoms with Crippen LogP contribution in [0, 0.1) is 13.8 Å². The molecule has 0 unspecified atom stereocenters. The fraction of sp³-hybridized carbons (Fsp3) is 0.143. The Hall–Kier alpha value is -2.56. The van der Waals surface area contributed by atoms with E-state index in [0.717, 1.165) is 11.1 Å². The highest BCUT2D eigenvalue weighted by Gasteiger charge is 2.16. The number of phenolic OH excluding ortho intramolecular Hbond substituents is 1. The van der Waals surface area contributed by atoms with Gasteiger partial charge in [-0.2, -0.15) is 4.98 Å². The number of benzene rings is 1. The molecule has 5 nitrogen and oxygen atoms in total. The monoisotopic (exact) mass is 256 g/mol. The number of hydrogen-bond donors (Lipinski definition) is 1. The number of furan rings is 1. The predicted octanol–water partition coefficient (Wildman–Crippen LogP) is 3.32. The van der Waals surface area contributed by atoms with Gasteiger partial charge in [0.15, 0.2) is 5.76 Å². The van der Waals surface area contributed by atoms with Crippen LogP contribution in [-0.2, 0) is 0 Å². The SMILES string of the molecule is Cc1ccc(-c2nc(-c3occc3C)no2)c(O)c1. The molecule has 1 N–H and O–H groups in total. The quantitative estimate of drug-likeness (QED) is 0.761. The van der Waals surface area contributed by atoms with Crippen LogP contribution in [0.2, 0.25) is 0 Å². The van der Waals surface area contributed by atoms with E-state index in [0.29, 0.717) is 17.1 Å². The van der Waals surface area contributed by atoms with Crippen molar-refractivity contribution in [2.45, 2.75) is 13.8 Å². The molecule has 0 aliphatic heterocycles. The van der Waals surface area contributed by atoms with Gasteiger partial charge in [-0.1, -0.05) is 11.2 Å². The van der Waals surface area contributed by atoms with Gasteiger partial charge in [0.25, 0.3) is 5.89 Å². The van der Waals surface area contributed by atoms with Crippen molar-refractivity contribution in [1.29, 1.82) is 0 Å². The third kappa shape index (κ3) is 1.99. The van der Waals surface area contributed by atoms with Crippen LogP contribution in [0.1, 0.15) is 11.1 Å². The van der Waals surface area contributed by atoms with E-state index in [1.807, 2.05) is 26.0 Å². The lowest BCUT2D eigenvalue weighted by molar-refractivity contribution is 0.423. The van der Waals surface area contributed by atoms with Crippen molar-refractivity contribution in [2.75, 3.05) is 0 Å². The Kier molecular flexibility index (Phi) is 2.59. The molecule has 19 heavy (non-hydrogen) atoms. The summed E-state index contributed by atoms with van der Waals surface area (Å²) in [4.78, 5) is 4.24. The van der Waals surface area contributed by atoms with Crippen molar-refractivity contribution in [3.8, 4) is 28.8 Å². The summed E-state index contributed by atoms with van der Waals surface area (Å²) >= 11 is 0. The van der Waals surface area contributed by atoms with E-state index in [1.54, 1.807) is 18.4 Å². The molecule has 0 fully saturated rings. The lowest BCUT2D eigenvalue weighted by atomic mass is 10.1. The van der Waals surface area contributed by atoms with Crippen LogP contribution < -0.4 is 0 Å². The van der Waals surface area contributed by atoms with E-state index in [1.165, 1.54) is 0 Å². The van der Waals surface area contributed by atoms with Crippen LogP contribution in [0.25, 0.3) is 23.0 Å². The molecule has 0 atom stereocenters. The standard InChI is InChI=1S/C14H12N2O3/c1-8-3-4-10(11(17)7-8)14-15-13(16-19-14)12-9(2)5-6-18-12/h3-7,17H,1-2H3. The van der Waals surface area contributed by atoms with Crippen molar-refractivity contribution in [1.82, 2.24) is 10.1 Å². The largest absolute Gasteiger partial charge is 0.507 e. The smallest absolute Gasteiger partial charge is 0.262 e. The number of phenols is 1. The van der Waals surface area contributed by atoms with Crippen LogP contribution in [0.5, 0.6) is 5.75 Å². The molecule has 0 bridgehead atoms. The van der Waals surface area contributed by atoms with Crippen LogP contribution in [0.3, 0.4) is 0 Å². The number of hydrogen-bond acceptors (Lipinski definition) is 5. The Balaban J connectivity index is 2.04. The summed E-state index contributed by atoms with van der Waals surface area (Å²) in [5, 5.41) is 13.8. The first kappa shape index (κ1) is 11.5. The summed E-state index contributed by atoms with van der Waals surface area (Å²) in [6, 6.07) is 7.10. The van der Waals surface area contributed by atoms with E-state index in [4.69, 9.17) is 8.94 Å². The average molecular weight is 256 g/mol. The summed E-state index contributed by atoms with van der Waals surface area (Å²) in [5.74, 6) is 1.33. The molecule has 0 aliphatic rings. The van der Waals surface area contributed by atoms with Crippen LogP contribution in [-0.4, -0.2) is 15.2 Å². The molecule has 1 aromatic carbocycles. The maximum absolute atomic E-state index is 9.89. The minimum absolute atomic E-state index is 0.117. The molecule has 0 radical (unpaired) electrons. The third-order valence-corrected chi connectivity index (χ3v) is 2.87. The molecule has 2 aromatic heterocycles. The Morgan fingerprint density at radius 1 is 1.16 bits per heavy atom. The molecule has 0 aliphatic carbocycles. The normalized spacial score (nSPS) is 10.8. The van der Waals surface area contributed by atoms with E-state index < -0.39 is 0 Å². The van der Waals surface area contributed by atoms with Gasteiger partial charge in [-0.15, -0.1) is 0 Å². The molecule has 0 saturated heterocycles. The molecule has 5 heteroatoms. The summed E-state index contributed by atoms with van der Waals surface area (Å²) in [5.41, 5.74) is 2.40. The Morgan fingerprint density at radius 2 is 2.00 bits per heavy atom. The first-order valence-electron chi connectivity index (χ1n) is 5.83. The summed E-state index contributed by atoms with van der Waals surface area (Å²) < 4.78 is 10.5. The molecule has 0 spiro atoms. The zero-order chi connectivity index (χ0) is 13.4. The van der Waals surface area contributed by atoms with Crippen molar-refractivity contribution in [2.24, 2.45) is 0 Å². The Morgan fingerprint density at radius 3 is 2.68 bits per heavy atom. The number of nitrogens with zero attached hydrogens (tertiary/aromatic N) is 2. The van der Waals surface area contributed by atoms with Gasteiger partial charge in [0.2, 0.25) is 5.82 Å². The van der Waals surface area contributed by atoms with Gasteiger partial charge >= 0.3 is 0 Å². The molecule has 3 rings (SSSR count).